The maximum absolute atomic E-state index is 12.7. The van der Waals surface area contributed by atoms with E-state index in [0.717, 1.165) is 5.56 Å². The third-order valence-electron chi connectivity index (χ3n) is 4.02. The molecule has 6 heteroatoms. The minimum Gasteiger partial charge on any atom is -0.507 e. The van der Waals surface area contributed by atoms with Gasteiger partial charge in [0.05, 0.1) is 14.2 Å². The van der Waals surface area contributed by atoms with E-state index in [4.69, 9.17) is 18.9 Å². The zero-order valence-electron chi connectivity index (χ0n) is 13.6. The smallest absolute Gasteiger partial charge is 0.203 e. The number of ketones is 1. The average Bonchev–Trinajstić information content (AvgIpc) is 2.61. The number of carbonyl (C=O) groups excluding carboxylic acids is 1. The van der Waals surface area contributed by atoms with Crippen molar-refractivity contribution >= 4 is 5.78 Å². The van der Waals surface area contributed by atoms with Crippen LogP contribution in [0.3, 0.4) is 0 Å². The van der Waals surface area contributed by atoms with Crippen LogP contribution in [0, 0.1) is 0 Å². The number of fused-ring (bicyclic) bond motifs is 1. The standard InChI is InChI=1S/C18H18O6/c1-21-11-6-4-10(5-7-11)17-18(23-3)16(20)15-13(19)8-12(22-2)9-14(15)24-17/h4-9,17-19H,1-3H3. The first kappa shape index (κ1) is 16.1. The quantitative estimate of drug-likeness (QED) is 0.929. The van der Waals surface area contributed by atoms with E-state index in [9.17, 15) is 9.90 Å². The van der Waals surface area contributed by atoms with Crippen molar-refractivity contribution in [2.45, 2.75) is 12.2 Å². The molecule has 0 fully saturated rings. The topological polar surface area (TPSA) is 74.2 Å². The molecule has 2 aromatic carbocycles. The van der Waals surface area contributed by atoms with Crippen LogP contribution in [0.4, 0.5) is 0 Å². The van der Waals surface area contributed by atoms with Gasteiger partial charge in [0.25, 0.3) is 0 Å². The first-order chi connectivity index (χ1) is 11.6. The summed E-state index contributed by atoms with van der Waals surface area (Å²) in [7, 11) is 4.50. The van der Waals surface area contributed by atoms with E-state index >= 15 is 0 Å². The summed E-state index contributed by atoms with van der Waals surface area (Å²) in [5.74, 6) is 0.855. The van der Waals surface area contributed by atoms with Crippen LogP contribution in [-0.4, -0.2) is 38.3 Å². The molecule has 1 aliphatic heterocycles. The lowest BCUT2D eigenvalue weighted by molar-refractivity contribution is -0.00109. The Hall–Kier alpha value is -2.73. The highest BCUT2D eigenvalue weighted by Crippen LogP contribution is 2.42. The normalized spacial score (nSPS) is 19.4. The number of phenolic OH excluding ortho intramolecular Hbond substituents is 1. The van der Waals surface area contributed by atoms with Crippen LogP contribution in [0.25, 0.3) is 0 Å². The van der Waals surface area contributed by atoms with Crippen molar-refractivity contribution in [1.82, 2.24) is 0 Å². The maximum Gasteiger partial charge on any atom is 0.203 e. The number of hydrogen-bond donors (Lipinski definition) is 1. The van der Waals surface area contributed by atoms with Gasteiger partial charge in [-0.25, -0.2) is 0 Å². The van der Waals surface area contributed by atoms with E-state index in [0.29, 0.717) is 11.5 Å². The Bertz CT molecular complexity index is 753. The van der Waals surface area contributed by atoms with Crippen LogP contribution >= 0.6 is 0 Å². The zero-order chi connectivity index (χ0) is 17.3. The summed E-state index contributed by atoms with van der Waals surface area (Å²) in [6.45, 7) is 0. The first-order valence-electron chi connectivity index (χ1n) is 7.37. The van der Waals surface area contributed by atoms with E-state index in [1.54, 1.807) is 25.3 Å². The van der Waals surface area contributed by atoms with Crippen molar-refractivity contribution in [3.8, 4) is 23.0 Å². The number of ether oxygens (including phenoxy) is 4. The zero-order valence-corrected chi connectivity index (χ0v) is 13.6. The summed E-state index contributed by atoms with van der Waals surface area (Å²) in [5, 5.41) is 10.1. The summed E-state index contributed by atoms with van der Waals surface area (Å²) in [6, 6.07) is 10.2. The molecule has 2 unspecified atom stereocenters. The second-order valence-corrected chi connectivity index (χ2v) is 5.35. The number of aromatic hydroxyl groups is 1. The predicted octanol–water partition coefficient (Wildman–Crippen LogP) is 2.74. The first-order valence-corrected chi connectivity index (χ1v) is 7.37. The number of benzene rings is 2. The third kappa shape index (κ3) is 2.65. The molecule has 1 N–H and O–H groups in total. The van der Waals surface area contributed by atoms with Gasteiger partial charge in [-0.1, -0.05) is 12.1 Å². The molecule has 0 aromatic heterocycles. The largest absolute Gasteiger partial charge is 0.507 e. The maximum atomic E-state index is 12.7. The van der Waals surface area contributed by atoms with Crippen LogP contribution in [0.2, 0.25) is 0 Å². The number of carbonyl (C=O) groups is 1. The highest BCUT2D eigenvalue weighted by molar-refractivity contribution is 6.05. The molecule has 24 heavy (non-hydrogen) atoms. The molecule has 3 rings (SSSR count). The highest BCUT2D eigenvalue weighted by atomic mass is 16.5. The number of methoxy groups -OCH3 is 3. The summed E-state index contributed by atoms with van der Waals surface area (Å²) in [5.41, 5.74) is 0.872. The van der Waals surface area contributed by atoms with Crippen LogP contribution in [-0.2, 0) is 4.74 Å². The SMILES string of the molecule is COc1ccc(C2Oc3cc(OC)cc(O)c3C(=O)C2OC)cc1. The molecule has 1 heterocycles. The minimum absolute atomic E-state index is 0.104. The van der Waals surface area contributed by atoms with Crippen LogP contribution in [0.1, 0.15) is 22.0 Å². The summed E-state index contributed by atoms with van der Waals surface area (Å²) in [6.07, 6.45) is -1.49. The van der Waals surface area contributed by atoms with Crippen LogP contribution in [0.5, 0.6) is 23.0 Å². The van der Waals surface area contributed by atoms with Gasteiger partial charge >= 0.3 is 0 Å². The third-order valence-corrected chi connectivity index (χ3v) is 4.02. The van der Waals surface area contributed by atoms with E-state index in [1.807, 2.05) is 12.1 Å². The fraction of sp³-hybridized carbons (Fsp3) is 0.278. The van der Waals surface area contributed by atoms with E-state index < -0.39 is 12.2 Å². The molecule has 0 radical (unpaired) electrons. The van der Waals surface area contributed by atoms with Gasteiger partial charge in [-0.05, 0) is 17.7 Å². The monoisotopic (exact) mass is 330 g/mol. The molecule has 126 valence electrons. The second-order valence-electron chi connectivity index (χ2n) is 5.35. The lowest BCUT2D eigenvalue weighted by Crippen LogP contribution is -2.37. The van der Waals surface area contributed by atoms with Gasteiger partial charge in [0.15, 0.2) is 12.2 Å². The summed E-state index contributed by atoms with van der Waals surface area (Å²) in [4.78, 5) is 12.7. The van der Waals surface area contributed by atoms with Crippen molar-refractivity contribution in [3.63, 3.8) is 0 Å². The average molecular weight is 330 g/mol. The molecular formula is C18H18O6. The molecule has 2 atom stereocenters. The van der Waals surface area contributed by atoms with Gasteiger partial charge in [-0.3, -0.25) is 4.79 Å². The molecule has 0 spiro atoms. The van der Waals surface area contributed by atoms with Crippen molar-refractivity contribution in [2.24, 2.45) is 0 Å². The second kappa shape index (κ2) is 6.41. The van der Waals surface area contributed by atoms with Gasteiger partial charge in [0.1, 0.15) is 28.6 Å². The molecule has 0 amide bonds. The number of phenols is 1. The highest BCUT2D eigenvalue weighted by Gasteiger charge is 2.40. The molecule has 1 aliphatic rings. The lowest BCUT2D eigenvalue weighted by Gasteiger charge is -2.32. The fourth-order valence-corrected chi connectivity index (χ4v) is 2.78. The van der Waals surface area contributed by atoms with Crippen molar-refractivity contribution in [2.75, 3.05) is 21.3 Å². The van der Waals surface area contributed by atoms with Crippen LogP contribution < -0.4 is 14.2 Å². The van der Waals surface area contributed by atoms with E-state index in [2.05, 4.69) is 0 Å². The Balaban J connectivity index is 2.05. The van der Waals surface area contributed by atoms with Gasteiger partial charge in [-0.15, -0.1) is 0 Å². The van der Waals surface area contributed by atoms with E-state index in [-0.39, 0.29) is 22.8 Å². The molecular weight excluding hydrogens is 312 g/mol. The Kier molecular flexibility index (Phi) is 4.31. The summed E-state index contributed by atoms with van der Waals surface area (Å²) < 4.78 is 21.6. The lowest BCUT2D eigenvalue weighted by atomic mass is 9.92. The predicted molar refractivity (Wildman–Crippen MR) is 86.1 cm³/mol. The molecule has 0 saturated heterocycles. The molecule has 0 aliphatic carbocycles. The Morgan fingerprint density at radius 2 is 1.67 bits per heavy atom. The number of hydrogen-bond acceptors (Lipinski definition) is 6. The Morgan fingerprint density at radius 1 is 1.00 bits per heavy atom. The molecule has 0 saturated carbocycles. The minimum atomic E-state index is -0.856. The molecule has 6 nitrogen and oxygen atoms in total. The van der Waals surface area contributed by atoms with Gasteiger partial charge < -0.3 is 24.1 Å². The van der Waals surface area contributed by atoms with Gasteiger partial charge in [0, 0.05) is 19.2 Å². The van der Waals surface area contributed by atoms with Gasteiger partial charge in [0.2, 0.25) is 5.78 Å². The Labute approximate surface area is 139 Å². The Morgan fingerprint density at radius 3 is 2.25 bits per heavy atom. The van der Waals surface area contributed by atoms with Crippen molar-refractivity contribution in [3.05, 3.63) is 47.5 Å². The van der Waals surface area contributed by atoms with Gasteiger partial charge in [-0.2, -0.15) is 0 Å². The number of Topliss-reactive ketones (excluding diaryl/α,β-unsaturated/α-hetero) is 1. The summed E-state index contributed by atoms with van der Waals surface area (Å²) >= 11 is 0. The number of rotatable bonds is 4. The van der Waals surface area contributed by atoms with Crippen molar-refractivity contribution in [1.29, 1.82) is 0 Å². The van der Waals surface area contributed by atoms with E-state index in [1.165, 1.54) is 20.3 Å². The van der Waals surface area contributed by atoms with Crippen molar-refractivity contribution < 1.29 is 28.8 Å². The molecule has 0 bridgehead atoms. The molecule has 2 aromatic rings. The fourth-order valence-electron chi connectivity index (χ4n) is 2.78. The van der Waals surface area contributed by atoms with Crippen LogP contribution in [0.15, 0.2) is 36.4 Å².